The Morgan fingerprint density at radius 2 is 1.74 bits per heavy atom. The summed E-state index contributed by atoms with van der Waals surface area (Å²) in [6.07, 6.45) is 0. The van der Waals surface area contributed by atoms with E-state index in [2.05, 4.69) is 20.8 Å². The number of benzene rings is 3. The number of anilines is 1. The Kier molecular flexibility index (Phi) is 5.33. The van der Waals surface area contributed by atoms with Gasteiger partial charge in [-0.2, -0.15) is 4.80 Å². The minimum Gasteiger partial charge on any atom is -0.332 e. The molecule has 4 aromatic rings. The van der Waals surface area contributed by atoms with Crippen molar-refractivity contribution in [1.82, 2.24) is 20.3 Å². The number of rotatable bonds is 4. The summed E-state index contributed by atoms with van der Waals surface area (Å²) in [5, 5.41) is 25.0. The number of nitro benzene ring substituents is 1. The molecule has 0 bridgehead atoms. The van der Waals surface area contributed by atoms with Gasteiger partial charge in [-0.05, 0) is 60.7 Å². The SMILES string of the molecule is O=C(NC(=S)Nc1ccc2nn(-c3ccc(F)cc3)nc2c1)c1ccccc1[N+](=O)[O-]. The Balaban J connectivity index is 1.49. The Bertz CT molecular complexity index is 1320. The molecule has 2 N–H and O–H groups in total. The molecule has 3 aromatic carbocycles. The monoisotopic (exact) mass is 436 g/mol. The first-order valence-corrected chi connectivity index (χ1v) is 9.30. The predicted molar refractivity (Wildman–Crippen MR) is 116 cm³/mol. The average molecular weight is 436 g/mol. The summed E-state index contributed by atoms with van der Waals surface area (Å²) in [6, 6.07) is 16.4. The lowest BCUT2D eigenvalue weighted by atomic mass is 10.1. The highest BCUT2D eigenvalue weighted by molar-refractivity contribution is 7.80. The van der Waals surface area contributed by atoms with Gasteiger partial charge in [-0.25, -0.2) is 4.39 Å². The van der Waals surface area contributed by atoms with Crippen molar-refractivity contribution in [3.8, 4) is 5.69 Å². The van der Waals surface area contributed by atoms with Crippen molar-refractivity contribution in [3.63, 3.8) is 0 Å². The zero-order valence-corrected chi connectivity index (χ0v) is 16.5. The third-order valence-electron chi connectivity index (χ3n) is 4.27. The zero-order chi connectivity index (χ0) is 22.0. The lowest BCUT2D eigenvalue weighted by Crippen LogP contribution is -2.34. The molecule has 0 fully saturated rings. The van der Waals surface area contributed by atoms with Gasteiger partial charge < -0.3 is 5.32 Å². The molecule has 0 atom stereocenters. The fourth-order valence-electron chi connectivity index (χ4n) is 2.84. The Labute approximate surface area is 179 Å². The summed E-state index contributed by atoms with van der Waals surface area (Å²) in [6.45, 7) is 0. The summed E-state index contributed by atoms with van der Waals surface area (Å²) in [7, 11) is 0. The zero-order valence-electron chi connectivity index (χ0n) is 15.7. The molecule has 11 heteroatoms. The van der Waals surface area contributed by atoms with Gasteiger partial charge >= 0.3 is 0 Å². The van der Waals surface area contributed by atoms with Gasteiger partial charge in [0.15, 0.2) is 5.11 Å². The number of hydrogen-bond acceptors (Lipinski definition) is 6. The molecule has 0 radical (unpaired) electrons. The summed E-state index contributed by atoms with van der Waals surface area (Å²) in [5.41, 5.74) is 1.86. The standard InChI is InChI=1S/C20H13FN6O3S/c21-12-5-8-14(9-6-12)26-24-16-10-7-13(11-17(16)25-26)22-20(31)23-19(28)15-3-1-2-4-18(15)27(29)30/h1-11H,(H2,22,23,28,31). The molecule has 1 aromatic heterocycles. The van der Waals surface area contributed by atoms with E-state index in [4.69, 9.17) is 12.2 Å². The Morgan fingerprint density at radius 3 is 2.48 bits per heavy atom. The van der Waals surface area contributed by atoms with Crippen molar-refractivity contribution in [2.45, 2.75) is 0 Å². The van der Waals surface area contributed by atoms with E-state index in [1.54, 1.807) is 30.3 Å². The van der Waals surface area contributed by atoms with Crippen LogP contribution in [-0.4, -0.2) is 30.9 Å². The number of amides is 1. The van der Waals surface area contributed by atoms with Crippen LogP contribution in [0.25, 0.3) is 16.7 Å². The molecule has 0 saturated heterocycles. The van der Waals surface area contributed by atoms with Gasteiger partial charge in [0.2, 0.25) is 0 Å². The van der Waals surface area contributed by atoms with Crippen molar-refractivity contribution < 1.29 is 14.1 Å². The van der Waals surface area contributed by atoms with E-state index in [1.165, 1.54) is 41.2 Å². The summed E-state index contributed by atoms with van der Waals surface area (Å²) in [4.78, 5) is 24.2. The first-order valence-electron chi connectivity index (χ1n) is 8.89. The van der Waals surface area contributed by atoms with E-state index >= 15 is 0 Å². The van der Waals surface area contributed by atoms with Gasteiger partial charge in [-0.15, -0.1) is 10.2 Å². The third kappa shape index (κ3) is 4.36. The number of nitro groups is 1. The quantitative estimate of drug-likeness (QED) is 0.285. The van der Waals surface area contributed by atoms with Crippen LogP contribution in [0.15, 0.2) is 66.7 Å². The number of thiocarbonyl (C=S) groups is 1. The van der Waals surface area contributed by atoms with Crippen LogP contribution >= 0.6 is 12.2 Å². The summed E-state index contributed by atoms with van der Waals surface area (Å²) in [5.74, 6) is -1.06. The normalized spacial score (nSPS) is 10.6. The minimum atomic E-state index is -0.701. The molecule has 31 heavy (non-hydrogen) atoms. The second-order valence-corrected chi connectivity index (χ2v) is 6.76. The molecule has 1 heterocycles. The maximum Gasteiger partial charge on any atom is 0.282 e. The Hall–Kier alpha value is -4.25. The molecular formula is C20H13FN6O3S. The minimum absolute atomic E-state index is 0.0339. The van der Waals surface area contributed by atoms with E-state index in [0.717, 1.165) is 0 Å². The maximum atomic E-state index is 13.1. The molecule has 0 saturated carbocycles. The molecule has 0 spiro atoms. The fourth-order valence-corrected chi connectivity index (χ4v) is 3.05. The summed E-state index contributed by atoms with van der Waals surface area (Å²) >= 11 is 5.15. The van der Waals surface area contributed by atoms with Crippen LogP contribution < -0.4 is 10.6 Å². The van der Waals surface area contributed by atoms with Gasteiger partial charge in [-0.3, -0.25) is 20.2 Å². The summed E-state index contributed by atoms with van der Waals surface area (Å²) < 4.78 is 13.1. The van der Waals surface area contributed by atoms with Gasteiger partial charge in [0.25, 0.3) is 11.6 Å². The van der Waals surface area contributed by atoms with Crippen molar-refractivity contribution >= 4 is 45.6 Å². The van der Waals surface area contributed by atoms with Crippen molar-refractivity contribution in [1.29, 1.82) is 0 Å². The van der Waals surface area contributed by atoms with Crippen LogP contribution in [-0.2, 0) is 0 Å². The number of para-hydroxylation sites is 1. The van der Waals surface area contributed by atoms with Gasteiger partial charge in [0.05, 0.1) is 10.6 Å². The second-order valence-electron chi connectivity index (χ2n) is 6.35. The van der Waals surface area contributed by atoms with Crippen LogP contribution in [0, 0.1) is 15.9 Å². The van der Waals surface area contributed by atoms with E-state index in [0.29, 0.717) is 22.4 Å². The molecule has 0 aliphatic rings. The average Bonchev–Trinajstić information content (AvgIpc) is 3.17. The second kappa shape index (κ2) is 8.24. The number of nitrogens with zero attached hydrogens (tertiary/aromatic N) is 4. The molecule has 0 aliphatic heterocycles. The van der Waals surface area contributed by atoms with Crippen LogP contribution in [0.5, 0.6) is 0 Å². The van der Waals surface area contributed by atoms with E-state index in [9.17, 15) is 19.3 Å². The number of carbonyl (C=O) groups excluding carboxylic acids is 1. The van der Waals surface area contributed by atoms with Crippen molar-refractivity contribution in [3.05, 3.63) is 88.2 Å². The van der Waals surface area contributed by atoms with Crippen molar-refractivity contribution in [2.24, 2.45) is 0 Å². The maximum absolute atomic E-state index is 13.1. The first kappa shape index (κ1) is 20.0. The number of nitrogens with one attached hydrogen (secondary N) is 2. The van der Waals surface area contributed by atoms with E-state index in [-0.39, 0.29) is 22.2 Å². The lowest BCUT2D eigenvalue weighted by Gasteiger charge is -2.09. The predicted octanol–water partition coefficient (Wildman–Crippen LogP) is 3.59. The van der Waals surface area contributed by atoms with Crippen LogP contribution in [0.3, 0.4) is 0 Å². The van der Waals surface area contributed by atoms with Crippen LogP contribution in [0.1, 0.15) is 10.4 Å². The molecule has 4 rings (SSSR count). The smallest absolute Gasteiger partial charge is 0.282 e. The van der Waals surface area contributed by atoms with Gasteiger partial charge in [-0.1, -0.05) is 12.1 Å². The highest BCUT2D eigenvalue weighted by Gasteiger charge is 2.20. The largest absolute Gasteiger partial charge is 0.332 e. The number of halogens is 1. The number of fused-ring (bicyclic) bond motifs is 1. The highest BCUT2D eigenvalue weighted by Crippen LogP contribution is 2.19. The number of hydrogen-bond donors (Lipinski definition) is 2. The van der Waals surface area contributed by atoms with Gasteiger partial charge in [0.1, 0.15) is 22.4 Å². The van der Waals surface area contributed by atoms with Crippen LogP contribution in [0.2, 0.25) is 0 Å². The van der Waals surface area contributed by atoms with Crippen molar-refractivity contribution in [2.75, 3.05) is 5.32 Å². The first-order chi connectivity index (χ1) is 14.9. The molecule has 154 valence electrons. The molecule has 0 unspecified atom stereocenters. The third-order valence-corrected chi connectivity index (χ3v) is 4.47. The van der Waals surface area contributed by atoms with E-state index < -0.39 is 10.8 Å². The molecular weight excluding hydrogens is 423 g/mol. The molecule has 1 amide bonds. The number of carbonyl (C=O) groups is 1. The van der Waals surface area contributed by atoms with Crippen LogP contribution in [0.4, 0.5) is 15.8 Å². The van der Waals surface area contributed by atoms with Gasteiger partial charge in [0, 0.05) is 11.8 Å². The lowest BCUT2D eigenvalue weighted by molar-refractivity contribution is -0.385. The van der Waals surface area contributed by atoms with E-state index in [1.807, 2.05) is 0 Å². The highest BCUT2D eigenvalue weighted by atomic mass is 32.1. The number of aromatic nitrogens is 3. The Morgan fingerprint density at radius 1 is 1.03 bits per heavy atom. The fraction of sp³-hybridized carbons (Fsp3) is 0. The molecule has 0 aliphatic carbocycles. The topological polar surface area (TPSA) is 115 Å². The molecule has 9 nitrogen and oxygen atoms in total.